The van der Waals surface area contributed by atoms with E-state index in [-0.39, 0.29) is 8.17 Å². The summed E-state index contributed by atoms with van der Waals surface area (Å²) in [6, 6.07) is 1.01. The molecule has 66 valence electrons. The molecule has 0 aromatic carbocycles. The summed E-state index contributed by atoms with van der Waals surface area (Å²) in [4.78, 5) is 3.36. The summed E-state index contributed by atoms with van der Waals surface area (Å²) < 4.78 is 36.9. The van der Waals surface area contributed by atoms with Gasteiger partial charge in [0.2, 0.25) is 0 Å². The zero-order valence-corrected chi connectivity index (χ0v) is 9.24. The summed E-state index contributed by atoms with van der Waals surface area (Å²) in [5.74, 6) is -0.635. The van der Waals surface area contributed by atoms with E-state index in [0.717, 1.165) is 6.07 Å². The SMILES string of the molecule is Fc1cc(I)c(C(F)F)nc1Br. The Labute approximate surface area is 88.6 Å². The van der Waals surface area contributed by atoms with Gasteiger partial charge in [0.05, 0.1) is 0 Å². The summed E-state index contributed by atoms with van der Waals surface area (Å²) in [5, 5.41) is 0. The summed E-state index contributed by atoms with van der Waals surface area (Å²) in [6.07, 6.45) is -2.67. The van der Waals surface area contributed by atoms with Crippen LogP contribution in [0.15, 0.2) is 10.7 Å². The quantitative estimate of drug-likeness (QED) is 0.557. The lowest BCUT2D eigenvalue weighted by Crippen LogP contribution is -1.97. The molecule has 1 aromatic rings. The van der Waals surface area contributed by atoms with E-state index in [1.807, 2.05) is 0 Å². The van der Waals surface area contributed by atoms with Gasteiger partial charge in [0, 0.05) is 3.57 Å². The molecule has 0 atom stereocenters. The molecule has 1 heterocycles. The van der Waals surface area contributed by atoms with Crippen LogP contribution in [0.4, 0.5) is 13.2 Å². The van der Waals surface area contributed by atoms with Gasteiger partial charge in [0.1, 0.15) is 10.3 Å². The molecular weight excluding hydrogens is 350 g/mol. The van der Waals surface area contributed by atoms with Crippen LogP contribution in [0.25, 0.3) is 0 Å². The zero-order chi connectivity index (χ0) is 9.30. The van der Waals surface area contributed by atoms with Crippen molar-refractivity contribution in [2.24, 2.45) is 0 Å². The molecule has 0 unspecified atom stereocenters. The predicted octanol–water partition coefficient (Wildman–Crippen LogP) is 3.53. The Bertz CT molecular complexity index is 305. The van der Waals surface area contributed by atoms with E-state index in [1.165, 1.54) is 0 Å². The molecule has 0 amide bonds. The molecule has 0 bridgehead atoms. The Morgan fingerprint density at radius 2 is 2.08 bits per heavy atom. The number of hydrogen-bond donors (Lipinski definition) is 0. The summed E-state index contributed by atoms with van der Waals surface area (Å²) >= 11 is 4.34. The van der Waals surface area contributed by atoms with Crippen LogP contribution in [0.3, 0.4) is 0 Å². The number of alkyl halides is 2. The third-order valence-corrected chi connectivity index (χ3v) is 2.54. The molecule has 6 heteroatoms. The standard InChI is InChI=1S/C6H2BrF3IN/c7-5-2(8)1-3(11)4(12-5)6(9)10/h1,6H. The van der Waals surface area contributed by atoms with E-state index >= 15 is 0 Å². The van der Waals surface area contributed by atoms with Crippen molar-refractivity contribution in [3.05, 3.63) is 25.8 Å². The minimum Gasteiger partial charge on any atom is -0.236 e. The van der Waals surface area contributed by atoms with Crippen molar-refractivity contribution in [3.8, 4) is 0 Å². The van der Waals surface area contributed by atoms with Gasteiger partial charge in [-0.2, -0.15) is 0 Å². The maximum absolute atomic E-state index is 12.7. The lowest BCUT2D eigenvalue weighted by molar-refractivity contribution is 0.144. The van der Waals surface area contributed by atoms with Gasteiger partial charge in [-0.3, -0.25) is 0 Å². The molecule has 0 aliphatic rings. The lowest BCUT2D eigenvalue weighted by Gasteiger charge is -2.02. The van der Waals surface area contributed by atoms with Crippen LogP contribution in [-0.4, -0.2) is 4.98 Å². The maximum Gasteiger partial charge on any atom is 0.281 e. The number of aromatic nitrogens is 1. The summed E-state index contributed by atoms with van der Waals surface area (Å²) in [6.45, 7) is 0. The Balaban J connectivity index is 3.23. The third-order valence-electron chi connectivity index (χ3n) is 1.12. The highest BCUT2D eigenvalue weighted by Crippen LogP contribution is 2.25. The van der Waals surface area contributed by atoms with Gasteiger partial charge in [-0.1, -0.05) is 0 Å². The van der Waals surface area contributed by atoms with E-state index in [4.69, 9.17) is 0 Å². The van der Waals surface area contributed by atoms with Gasteiger partial charge >= 0.3 is 0 Å². The first-order valence-electron chi connectivity index (χ1n) is 2.82. The van der Waals surface area contributed by atoms with Crippen LogP contribution < -0.4 is 0 Å². The molecule has 12 heavy (non-hydrogen) atoms. The van der Waals surface area contributed by atoms with E-state index < -0.39 is 17.9 Å². The van der Waals surface area contributed by atoms with Crippen LogP contribution in [0.5, 0.6) is 0 Å². The predicted molar refractivity (Wildman–Crippen MR) is 49.6 cm³/mol. The maximum atomic E-state index is 12.7. The normalized spacial score (nSPS) is 10.8. The zero-order valence-electron chi connectivity index (χ0n) is 5.49. The van der Waals surface area contributed by atoms with Crippen LogP contribution in [0, 0.1) is 9.39 Å². The molecule has 0 fully saturated rings. The topological polar surface area (TPSA) is 12.9 Å². The first-order valence-corrected chi connectivity index (χ1v) is 4.69. The summed E-state index contributed by atoms with van der Waals surface area (Å²) in [5.41, 5.74) is -0.399. The van der Waals surface area contributed by atoms with Crippen LogP contribution in [0.1, 0.15) is 12.1 Å². The molecule has 0 radical (unpaired) electrons. The monoisotopic (exact) mass is 351 g/mol. The molecule has 0 aliphatic carbocycles. The minimum atomic E-state index is -2.67. The lowest BCUT2D eigenvalue weighted by atomic mass is 10.3. The number of halogens is 5. The van der Waals surface area contributed by atoms with Crippen LogP contribution >= 0.6 is 38.5 Å². The second kappa shape index (κ2) is 3.91. The molecule has 0 saturated heterocycles. The average Bonchev–Trinajstić information content (AvgIpc) is 1.96. The molecule has 1 nitrogen and oxygen atoms in total. The van der Waals surface area contributed by atoms with Crippen molar-refractivity contribution in [1.82, 2.24) is 4.98 Å². The Morgan fingerprint density at radius 1 is 1.50 bits per heavy atom. The van der Waals surface area contributed by atoms with E-state index in [9.17, 15) is 13.2 Å². The fourth-order valence-corrected chi connectivity index (χ4v) is 1.55. The van der Waals surface area contributed by atoms with Gasteiger partial charge in [-0.25, -0.2) is 18.2 Å². The number of rotatable bonds is 1. The van der Waals surface area contributed by atoms with Crippen molar-refractivity contribution < 1.29 is 13.2 Å². The van der Waals surface area contributed by atoms with Crippen molar-refractivity contribution in [3.63, 3.8) is 0 Å². The number of nitrogens with zero attached hydrogens (tertiary/aromatic N) is 1. The molecule has 1 rings (SSSR count). The van der Waals surface area contributed by atoms with Crippen LogP contribution in [0.2, 0.25) is 0 Å². The average molecular weight is 352 g/mol. The van der Waals surface area contributed by atoms with Crippen molar-refractivity contribution in [2.45, 2.75) is 6.43 Å². The third kappa shape index (κ3) is 2.09. The Hall–Kier alpha value is 0.150. The molecule has 0 saturated carbocycles. The van der Waals surface area contributed by atoms with Gasteiger partial charge in [-0.05, 0) is 44.6 Å². The minimum absolute atomic E-state index is 0.128. The Kier molecular flexibility index (Phi) is 3.33. The van der Waals surface area contributed by atoms with Gasteiger partial charge in [0.15, 0.2) is 5.82 Å². The van der Waals surface area contributed by atoms with Crippen molar-refractivity contribution >= 4 is 38.5 Å². The Morgan fingerprint density at radius 3 is 2.58 bits per heavy atom. The second-order valence-electron chi connectivity index (χ2n) is 1.93. The molecule has 0 spiro atoms. The van der Waals surface area contributed by atoms with Crippen LogP contribution in [-0.2, 0) is 0 Å². The fourth-order valence-electron chi connectivity index (χ4n) is 0.610. The van der Waals surface area contributed by atoms with E-state index in [2.05, 4.69) is 20.9 Å². The first kappa shape index (κ1) is 10.2. The number of pyridine rings is 1. The first-order chi connectivity index (χ1) is 5.52. The fraction of sp³-hybridized carbons (Fsp3) is 0.167. The molecule has 1 aromatic heterocycles. The van der Waals surface area contributed by atoms with Crippen molar-refractivity contribution in [1.29, 1.82) is 0 Å². The summed E-state index contributed by atoms with van der Waals surface area (Å²) in [7, 11) is 0. The second-order valence-corrected chi connectivity index (χ2v) is 3.84. The van der Waals surface area contributed by atoms with Gasteiger partial charge < -0.3 is 0 Å². The highest BCUT2D eigenvalue weighted by molar-refractivity contribution is 14.1. The van der Waals surface area contributed by atoms with E-state index in [1.54, 1.807) is 22.6 Å². The number of hydrogen-bond acceptors (Lipinski definition) is 1. The van der Waals surface area contributed by atoms with Gasteiger partial charge in [-0.15, -0.1) is 0 Å². The highest BCUT2D eigenvalue weighted by atomic mass is 127. The molecule has 0 aliphatic heterocycles. The largest absolute Gasteiger partial charge is 0.281 e. The highest BCUT2D eigenvalue weighted by Gasteiger charge is 2.16. The molecular formula is C6H2BrF3IN. The van der Waals surface area contributed by atoms with Gasteiger partial charge in [0.25, 0.3) is 6.43 Å². The smallest absolute Gasteiger partial charge is 0.236 e. The molecule has 0 N–H and O–H groups in total. The van der Waals surface area contributed by atoms with Crippen molar-refractivity contribution in [2.75, 3.05) is 0 Å². The van der Waals surface area contributed by atoms with E-state index in [0.29, 0.717) is 0 Å².